The molecule has 0 aliphatic carbocycles. The molecular formula is C18H24NO6P. The zero-order chi connectivity index (χ0) is 19.1. The van der Waals surface area contributed by atoms with Crippen molar-refractivity contribution in [1.29, 1.82) is 0 Å². The summed E-state index contributed by atoms with van der Waals surface area (Å²) in [5, 5.41) is 0. The molecule has 1 aromatic carbocycles. The van der Waals surface area contributed by atoms with Crippen LogP contribution in [0.25, 0.3) is 0 Å². The van der Waals surface area contributed by atoms with E-state index in [1.54, 1.807) is 58.0 Å². The van der Waals surface area contributed by atoms with Crippen LogP contribution in [0.2, 0.25) is 0 Å². The average Bonchev–Trinajstić information content (AvgIpc) is 3.11. The molecule has 0 N–H and O–H groups in total. The molecule has 2 fully saturated rings. The number of amides is 1. The SMILES string of the molecule is CC(C)OP(=O)(OC(C)C)C1N(C(=O)c2ccccc2)C12CCOC2=O. The first-order valence-corrected chi connectivity index (χ1v) is 10.4. The molecule has 3 rings (SSSR count). The monoisotopic (exact) mass is 381 g/mol. The lowest BCUT2D eigenvalue weighted by Gasteiger charge is -2.22. The fourth-order valence-electron chi connectivity index (χ4n) is 3.44. The van der Waals surface area contributed by atoms with Crippen LogP contribution in [0.5, 0.6) is 0 Å². The molecule has 1 amide bonds. The third-order valence-electron chi connectivity index (χ3n) is 4.36. The number of ether oxygens (including phenoxy) is 1. The van der Waals surface area contributed by atoms with Gasteiger partial charge >= 0.3 is 13.6 Å². The minimum atomic E-state index is -3.77. The molecular weight excluding hydrogens is 357 g/mol. The Morgan fingerprint density at radius 2 is 1.77 bits per heavy atom. The molecule has 0 bridgehead atoms. The maximum Gasteiger partial charge on any atom is 0.356 e. The molecule has 0 radical (unpaired) electrons. The predicted octanol–water partition coefficient (Wildman–Crippen LogP) is 3.20. The highest BCUT2D eigenvalue weighted by Crippen LogP contribution is 2.70. The Morgan fingerprint density at radius 3 is 2.23 bits per heavy atom. The van der Waals surface area contributed by atoms with E-state index in [1.165, 1.54) is 4.90 Å². The summed E-state index contributed by atoms with van der Waals surface area (Å²) in [6.45, 7) is 7.13. The largest absolute Gasteiger partial charge is 0.464 e. The third kappa shape index (κ3) is 3.08. The van der Waals surface area contributed by atoms with E-state index < -0.39 is 24.9 Å². The second kappa shape index (κ2) is 6.80. The van der Waals surface area contributed by atoms with Crippen molar-refractivity contribution in [3.05, 3.63) is 35.9 Å². The van der Waals surface area contributed by atoms with Gasteiger partial charge in [0, 0.05) is 12.0 Å². The molecule has 2 atom stereocenters. The van der Waals surface area contributed by atoms with Crippen LogP contribution in [-0.4, -0.2) is 46.9 Å². The lowest BCUT2D eigenvalue weighted by Crippen LogP contribution is -2.28. The van der Waals surface area contributed by atoms with Crippen LogP contribution in [0.4, 0.5) is 0 Å². The Labute approximate surface area is 153 Å². The molecule has 0 aromatic heterocycles. The van der Waals surface area contributed by atoms with Gasteiger partial charge in [0.05, 0.1) is 18.8 Å². The number of nitrogens with zero attached hydrogens (tertiary/aromatic N) is 1. The number of cyclic esters (lactones) is 1. The van der Waals surface area contributed by atoms with Gasteiger partial charge in [-0.15, -0.1) is 0 Å². The average molecular weight is 381 g/mol. The highest BCUT2D eigenvalue weighted by Gasteiger charge is 2.80. The smallest absolute Gasteiger partial charge is 0.356 e. The zero-order valence-electron chi connectivity index (χ0n) is 15.4. The van der Waals surface area contributed by atoms with E-state index in [9.17, 15) is 14.2 Å². The molecule has 142 valence electrons. The molecule has 2 saturated heterocycles. The molecule has 8 heteroatoms. The van der Waals surface area contributed by atoms with Gasteiger partial charge in [0.2, 0.25) is 0 Å². The number of carbonyl (C=O) groups excluding carboxylic acids is 2. The Hall–Kier alpha value is -1.69. The van der Waals surface area contributed by atoms with E-state index in [4.69, 9.17) is 13.8 Å². The molecule has 0 saturated carbocycles. The van der Waals surface area contributed by atoms with Crippen LogP contribution < -0.4 is 0 Å². The van der Waals surface area contributed by atoms with Crippen molar-refractivity contribution in [2.45, 2.75) is 57.6 Å². The predicted molar refractivity (Wildman–Crippen MR) is 94.8 cm³/mol. The van der Waals surface area contributed by atoms with Gasteiger partial charge in [-0.2, -0.15) is 0 Å². The van der Waals surface area contributed by atoms with E-state index in [0.717, 1.165) is 0 Å². The summed E-state index contributed by atoms with van der Waals surface area (Å²) in [4.78, 5) is 26.8. The van der Waals surface area contributed by atoms with Crippen molar-refractivity contribution in [3.63, 3.8) is 0 Å². The summed E-state index contributed by atoms with van der Waals surface area (Å²) in [5.74, 6) is -1.90. The molecule has 7 nitrogen and oxygen atoms in total. The number of carbonyl (C=O) groups is 2. The van der Waals surface area contributed by atoms with Crippen molar-refractivity contribution in [1.82, 2.24) is 4.90 Å². The highest BCUT2D eigenvalue weighted by atomic mass is 31.2. The third-order valence-corrected chi connectivity index (χ3v) is 7.05. The van der Waals surface area contributed by atoms with E-state index in [1.807, 2.05) is 0 Å². The topological polar surface area (TPSA) is 81.9 Å². The number of esters is 1. The highest BCUT2D eigenvalue weighted by molar-refractivity contribution is 7.55. The second-order valence-electron chi connectivity index (χ2n) is 7.07. The van der Waals surface area contributed by atoms with Gasteiger partial charge in [-0.3, -0.25) is 9.36 Å². The van der Waals surface area contributed by atoms with Gasteiger partial charge in [0.25, 0.3) is 5.91 Å². The number of rotatable bonds is 6. The standard InChI is InChI=1S/C18H24NO6P/c1-12(2)24-26(22,25-13(3)4)16-18(10-11-23-17(18)21)19(16)15(20)14-8-6-5-7-9-14/h5-9,12-13,16H,10-11H2,1-4H3. The molecule has 26 heavy (non-hydrogen) atoms. The van der Waals surface area contributed by atoms with E-state index in [-0.39, 0.29) is 31.1 Å². The maximum atomic E-state index is 13.6. The molecule has 2 unspecified atom stereocenters. The van der Waals surface area contributed by atoms with Gasteiger partial charge in [0.1, 0.15) is 0 Å². The van der Waals surface area contributed by atoms with Gasteiger partial charge in [0.15, 0.2) is 11.3 Å². The first-order chi connectivity index (χ1) is 12.2. The Balaban J connectivity index is 2.01. The Morgan fingerprint density at radius 1 is 1.19 bits per heavy atom. The van der Waals surface area contributed by atoms with Crippen LogP contribution >= 0.6 is 7.60 Å². The summed E-state index contributed by atoms with van der Waals surface area (Å²) in [7, 11) is -3.77. The molecule has 1 aromatic rings. The summed E-state index contributed by atoms with van der Waals surface area (Å²) in [6.07, 6.45) is -0.492. The fraction of sp³-hybridized carbons (Fsp3) is 0.556. The molecule has 2 aliphatic rings. The van der Waals surface area contributed by atoms with Crippen LogP contribution in [0, 0.1) is 0 Å². The van der Waals surface area contributed by atoms with Crippen molar-refractivity contribution in [3.8, 4) is 0 Å². The van der Waals surface area contributed by atoms with Crippen molar-refractivity contribution in [2.75, 3.05) is 6.61 Å². The van der Waals surface area contributed by atoms with Crippen LogP contribution in [0.1, 0.15) is 44.5 Å². The summed E-state index contributed by atoms with van der Waals surface area (Å²) >= 11 is 0. The summed E-state index contributed by atoms with van der Waals surface area (Å²) in [6, 6.07) is 8.58. The Kier molecular flexibility index (Phi) is 4.99. The van der Waals surface area contributed by atoms with Crippen molar-refractivity contribution >= 4 is 19.5 Å². The minimum Gasteiger partial charge on any atom is -0.464 e. The quantitative estimate of drug-likeness (QED) is 0.428. The van der Waals surface area contributed by atoms with Crippen LogP contribution in [0.15, 0.2) is 30.3 Å². The summed E-state index contributed by atoms with van der Waals surface area (Å²) in [5.41, 5.74) is -0.860. The number of benzene rings is 1. The maximum absolute atomic E-state index is 13.6. The lowest BCUT2D eigenvalue weighted by molar-refractivity contribution is -0.140. The van der Waals surface area contributed by atoms with E-state index >= 15 is 0 Å². The number of hydrogen-bond donors (Lipinski definition) is 0. The molecule has 2 aliphatic heterocycles. The lowest BCUT2D eigenvalue weighted by atomic mass is 10.1. The first kappa shape index (κ1) is 19.1. The fourth-order valence-corrected chi connectivity index (χ4v) is 6.30. The second-order valence-corrected chi connectivity index (χ2v) is 9.06. The summed E-state index contributed by atoms with van der Waals surface area (Å²) < 4.78 is 30.0. The van der Waals surface area contributed by atoms with E-state index in [0.29, 0.717) is 5.56 Å². The van der Waals surface area contributed by atoms with Crippen molar-refractivity contribution < 1.29 is 27.9 Å². The first-order valence-electron chi connectivity index (χ1n) is 8.75. The van der Waals surface area contributed by atoms with Gasteiger partial charge < -0.3 is 18.7 Å². The van der Waals surface area contributed by atoms with Gasteiger partial charge in [-0.05, 0) is 39.8 Å². The van der Waals surface area contributed by atoms with Gasteiger partial charge in [-0.1, -0.05) is 18.2 Å². The van der Waals surface area contributed by atoms with Crippen LogP contribution in [-0.2, 0) is 23.1 Å². The molecule has 2 heterocycles. The normalized spacial score (nSPS) is 25.2. The minimum absolute atomic E-state index is 0.178. The van der Waals surface area contributed by atoms with Gasteiger partial charge in [-0.25, -0.2) is 4.79 Å². The zero-order valence-corrected chi connectivity index (χ0v) is 16.3. The molecule has 1 spiro atoms. The Bertz CT molecular complexity index is 735. The van der Waals surface area contributed by atoms with Crippen molar-refractivity contribution in [2.24, 2.45) is 0 Å². The van der Waals surface area contributed by atoms with Crippen LogP contribution in [0.3, 0.4) is 0 Å². The van der Waals surface area contributed by atoms with E-state index in [2.05, 4.69) is 0 Å². The number of hydrogen-bond acceptors (Lipinski definition) is 6.